The highest BCUT2D eigenvalue weighted by Gasteiger charge is 2.50. The van der Waals surface area contributed by atoms with Crippen molar-refractivity contribution in [2.45, 2.75) is 49.5 Å². The molecule has 2 fully saturated rings. The summed E-state index contributed by atoms with van der Waals surface area (Å²) in [6.45, 7) is 0.181. The fraction of sp³-hybridized carbons (Fsp3) is 0.435. The summed E-state index contributed by atoms with van der Waals surface area (Å²) in [5, 5.41) is 9.34. The Morgan fingerprint density at radius 2 is 1.71 bits per heavy atom. The number of amides is 1. The largest absolute Gasteiger partial charge is 0.471 e. The zero-order valence-corrected chi connectivity index (χ0v) is 19.6. The molecule has 38 heavy (non-hydrogen) atoms. The number of fused-ring (bicyclic) bond motifs is 1. The van der Waals surface area contributed by atoms with Gasteiger partial charge >= 0.3 is 12.1 Å². The monoisotopic (exact) mass is 533 g/mol. The van der Waals surface area contributed by atoms with Crippen molar-refractivity contribution in [1.82, 2.24) is 0 Å². The Balaban J connectivity index is 1.40. The fourth-order valence-electron chi connectivity index (χ4n) is 4.12. The van der Waals surface area contributed by atoms with Gasteiger partial charge in [0.15, 0.2) is 12.6 Å². The van der Waals surface area contributed by atoms with Crippen molar-refractivity contribution in [1.29, 1.82) is 0 Å². The molecule has 0 radical (unpaired) electrons. The summed E-state index contributed by atoms with van der Waals surface area (Å²) in [6, 6.07) is 12.9. The Morgan fingerprint density at radius 3 is 2.37 bits per heavy atom. The van der Waals surface area contributed by atoms with Crippen molar-refractivity contribution in [3.05, 3.63) is 86.6 Å². The number of carbonyl (C=O) groups is 1. The third kappa shape index (κ3) is 6.53. The van der Waals surface area contributed by atoms with E-state index in [4.69, 9.17) is 24.5 Å². The van der Waals surface area contributed by atoms with Crippen molar-refractivity contribution >= 4 is 11.6 Å². The second-order valence-corrected chi connectivity index (χ2v) is 8.38. The number of benzene rings is 2. The predicted molar refractivity (Wildman–Crippen MR) is 125 cm³/mol. The number of anilines is 1. The molecule has 2 aromatic carbocycles. The van der Waals surface area contributed by atoms with Crippen LogP contribution in [-0.4, -0.2) is 55.9 Å². The molecule has 0 saturated carbocycles. The summed E-state index contributed by atoms with van der Waals surface area (Å²) in [7, 11) is 0. The van der Waals surface area contributed by atoms with Gasteiger partial charge in [-0.2, -0.15) is 13.2 Å². The van der Waals surface area contributed by atoms with Crippen LogP contribution in [0.4, 0.5) is 18.9 Å². The molecule has 200 valence electrons. The molecule has 1 unspecified atom stereocenters. The first-order chi connectivity index (χ1) is 18.3. The number of alkyl halides is 3. The normalized spacial score (nSPS) is 26.8. The van der Waals surface area contributed by atoms with E-state index in [-0.39, 0.29) is 18.9 Å². The quantitative estimate of drug-likeness (QED) is 0.288. The summed E-state index contributed by atoms with van der Waals surface area (Å²) in [5.41, 5.74) is 19.8. The highest BCUT2D eigenvalue weighted by atomic mass is 19.4. The number of hydrogen-bond donors (Lipinski definition) is 1. The minimum absolute atomic E-state index is 0.00890. The lowest BCUT2D eigenvalue weighted by atomic mass is 9.94. The molecule has 4 rings (SSSR count). The standard InChI is InChI=1S/C23H22F3N7O5/c24-23(25,26)22(34)29-15-8-6-13(7-9-15)10-11-35-21-18(31-33-28)17(30-32-27)19-16(37-21)12-36-20(38-19)14-4-2-1-3-5-14/h1-9,16-21H,10-12H2,(H,29,34)/t16-,17-,18+,19-,20?,21+/m1/s1. The Kier molecular flexibility index (Phi) is 8.69. The Morgan fingerprint density at radius 1 is 1.03 bits per heavy atom. The number of nitrogens with one attached hydrogen (secondary N) is 1. The van der Waals surface area contributed by atoms with Crippen LogP contribution in [0.3, 0.4) is 0 Å². The lowest BCUT2D eigenvalue weighted by Crippen LogP contribution is -2.61. The van der Waals surface area contributed by atoms with E-state index < -0.39 is 49.0 Å². The van der Waals surface area contributed by atoms with Gasteiger partial charge in [0.05, 0.1) is 31.4 Å². The van der Waals surface area contributed by atoms with Crippen LogP contribution in [0.1, 0.15) is 17.4 Å². The van der Waals surface area contributed by atoms with Crippen molar-refractivity contribution in [3.63, 3.8) is 0 Å². The van der Waals surface area contributed by atoms with Gasteiger partial charge in [-0.25, -0.2) is 0 Å². The van der Waals surface area contributed by atoms with Gasteiger partial charge in [-0.15, -0.1) is 0 Å². The van der Waals surface area contributed by atoms with Gasteiger partial charge in [-0.3, -0.25) is 4.79 Å². The van der Waals surface area contributed by atoms with Crippen molar-refractivity contribution in [3.8, 4) is 0 Å². The number of halogens is 3. The van der Waals surface area contributed by atoms with Gasteiger partial charge in [0, 0.05) is 21.1 Å². The van der Waals surface area contributed by atoms with Crippen LogP contribution >= 0.6 is 0 Å². The number of rotatable bonds is 8. The van der Waals surface area contributed by atoms with Crippen LogP contribution in [0.5, 0.6) is 0 Å². The highest BCUT2D eigenvalue weighted by Crippen LogP contribution is 2.37. The van der Waals surface area contributed by atoms with Crippen LogP contribution in [0.25, 0.3) is 20.9 Å². The van der Waals surface area contributed by atoms with Crippen LogP contribution < -0.4 is 5.32 Å². The molecule has 0 aromatic heterocycles. The van der Waals surface area contributed by atoms with Gasteiger partial charge in [-0.05, 0) is 35.2 Å². The minimum Gasteiger partial charge on any atom is -0.352 e. The second kappa shape index (κ2) is 12.1. The number of ether oxygens (including phenoxy) is 4. The number of carbonyl (C=O) groups excluding carboxylic acids is 1. The average molecular weight is 533 g/mol. The van der Waals surface area contributed by atoms with E-state index in [1.54, 1.807) is 5.32 Å². The van der Waals surface area contributed by atoms with E-state index in [9.17, 15) is 23.5 Å². The Bertz CT molecular complexity index is 1200. The SMILES string of the molecule is [N-]=[N+]=N[C@@H]1[C@@H](OCCc2ccc(NC(=O)C(F)(F)F)cc2)O[C@@H]2COC(c3ccccc3)O[C@H]2[C@@H]1N=[N+]=[N-]. The molecule has 2 aliphatic heterocycles. The van der Waals surface area contributed by atoms with E-state index >= 15 is 0 Å². The molecule has 1 amide bonds. The zero-order chi connectivity index (χ0) is 27.1. The van der Waals surface area contributed by atoms with E-state index in [1.165, 1.54) is 24.3 Å². The molecule has 12 nitrogen and oxygen atoms in total. The predicted octanol–water partition coefficient (Wildman–Crippen LogP) is 4.94. The first-order valence-corrected chi connectivity index (χ1v) is 11.4. The van der Waals surface area contributed by atoms with Gasteiger partial charge in [0.25, 0.3) is 0 Å². The summed E-state index contributed by atoms with van der Waals surface area (Å²) < 4.78 is 60.9. The van der Waals surface area contributed by atoms with Gasteiger partial charge < -0.3 is 24.3 Å². The molecule has 1 N–H and O–H groups in total. The first-order valence-electron chi connectivity index (χ1n) is 11.4. The van der Waals surface area contributed by atoms with E-state index in [0.717, 1.165) is 5.56 Å². The smallest absolute Gasteiger partial charge is 0.352 e. The van der Waals surface area contributed by atoms with Crippen molar-refractivity contribution < 1.29 is 36.9 Å². The van der Waals surface area contributed by atoms with Crippen molar-refractivity contribution in [2.75, 3.05) is 18.5 Å². The summed E-state index contributed by atoms with van der Waals surface area (Å²) in [4.78, 5) is 16.8. The Hall–Kier alpha value is -3.84. The van der Waals surface area contributed by atoms with Crippen LogP contribution in [0, 0.1) is 0 Å². The van der Waals surface area contributed by atoms with E-state index in [2.05, 4.69) is 20.1 Å². The van der Waals surface area contributed by atoms with Crippen LogP contribution in [-0.2, 0) is 30.2 Å². The van der Waals surface area contributed by atoms with Gasteiger partial charge in [0.2, 0.25) is 0 Å². The van der Waals surface area contributed by atoms with Gasteiger partial charge in [-0.1, -0.05) is 52.7 Å². The van der Waals surface area contributed by atoms with Crippen LogP contribution in [0.15, 0.2) is 64.8 Å². The second-order valence-electron chi connectivity index (χ2n) is 8.38. The average Bonchev–Trinajstić information content (AvgIpc) is 2.91. The maximum atomic E-state index is 12.4. The van der Waals surface area contributed by atoms with E-state index in [0.29, 0.717) is 12.0 Å². The molecule has 2 heterocycles. The number of hydrogen-bond acceptors (Lipinski definition) is 7. The molecule has 15 heteroatoms. The van der Waals surface area contributed by atoms with Crippen LogP contribution in [0.2, 0.25) is 0 Å². The summed E-state index contributed by atoms with van der Waals surface area (Å²) >= 11 is 0. The summed E-state index contributed by atoms with van der Waals surface area (Å²) in [6.07, 6.45) is -7.91. The van der Waals surface area contributed by atoms with E-state index in [1.807, 2.05) is 30.3 Å². The molecule has 2 saturated heterocycles. The third-order valence-electron chi connectivity index (χ3n) is 5.92. The summed E-state index contributed by atoms with van der Waals surface area (Å²) in [5.74, 6) is -2.06. The van der Waals surface area contributed by atoms with Crippen molar-refractivity contribution in [2.24, 2.45) is 10.2 Å². The minimum atomic E-state index is -4.99. The maximum Gasteiger partial charge on any atom is 0.471 e. The number of azide groups is 2. The molecule has 6 atom stereocenters. The Labute approximate surface area is 213 Å². The molecule has 0 aliphatic carbocycles. The molecule has 0 spiro atoms. The topological polar surface area (TPSA) is 164 Å². The zero-order valence-electron chi connectivity index (χ0n) is 19.6. The molecule has 2 aromatic rings. The highest BCUT2D eigenvalue weighted by molar-refractivity contribution is 5.94. The molecule has 0 bridgehead atoms. The fourth-order valence-corrected chi connectivity index (χ4v) is 4.12. The molecular weight excluding hydrogens is 511 g/mol. The lowest BCUT2D eigenvalue weighted by Gasteiger charge is -2.47. The first kappa shape index (κ1) is 27.2. The maximum absolute atomic E-state index is 12.4. The third-order valence-corrected chi connectivity index (χ3v) is 5.92. The number of nitrogens with zero attached hydrogens (tertiary/aromatic N) is 6. The molecule has 2 aliphatic rings. The van der Waals surface area contributed by atoms with Gasteiger partial charge in [0.1, 0.15) is 6.10 Å². The lowest BCUT2D eigenvalue weighted by molar-refractivity contribution is -0.324. The molecular formula is C23H22F3N7O5.